The van der Waals surface area contributed by atoms with Crippen LogP contribution in [0.2, 0.25) is 0 Å². The molecule has 0 radical (unpaired) electrons. The molecule has 84 valence electrons. The van der Waals surface area contributed by atoms with Crippen molar-refractivity contribution in [2.45, 2.75) is 25.8 Å². The van der Waals surface area contributed by atoms with Gasteiger partial charge in [-0.2, -0.15) is 0 Å². The molecule has 0 aliphatic carbocycles. The molecular weight excluding hydrogens is 200 g/mol. The molecule has 0 bridgehead atoms. The molecule has 0 aliphatic heterocycles. The summed E-state index contributed by atoms with van der Waals surface area (Å²) in [7, 11) is 1.47. The summed E-state index contributed by atoms with van der Waals surface area (Å²) >= 11 is 0. The monoisotopic (exact) mass is 215 g/mol. The van der Waals surface area contributed by atoms with E-state index in [1.54, 1.807) is 6.07 Å². The van der Waals surface area contributed by atoms with Crippen LogP contribution in [-0.2, 0) is 6.42 Å². The number of hydrogen-bond donors (Lipinski definition) is 1. The van der Waals surface area contributed by atoms with Gasteiger partial charge in [0.25, 0.3) is 6.43 Å². The number of alkyl halides is 2. The Morgan fingerprint density at radius 3 is 2.53 bits per heavy atom. The molecule has 2 N–H and O–H groups in total. The molecule has 0 saturated heterocycles. The van der Waals surface area contributed by atoms with Crippen LogP contribution in [0.1, 0.15) is 24.5 Å². The summed E-state index contributed by atoms with van der Waals surface area (Å²) in [6.45, 7) is 1.86. The number of hydrogen-bond acceptors (Lipinski definition) is 2. The second-order valence-electron chi connectivity index (χ2n) is 3.55. The van der Waals surface area contributed by atoms with Crippen LogP contribution in [0.25, 0.3) is 0 Å². The van der Waals surface area contributed by atoms with E-state index in [1.165, 1.54) is 19.2 Å². The molecule has 0 amide bonds. The normalized spacial score (nSPS) is 12.9. The molecule has 1 aromatic carbocycles. The van der Waals surface area contributed by atoms with Crippen molar-refractivity contribution >= 4 is 0 Å². The van der Waals surface area contributed by atoms with Crippen molar-refractivity contribution in [3.63, 3.8) is 0 Å². The molecule has 0 fully saturated rings. The van der Waals surface area contributed by atoms with Crippen molar-refractivity contribution in [1.82, 2.24) is 0 Å². The highest BCUT2D eigenvalue weighted by Gasteiger charge is 2.11. The van der Waals surface area contributed by atoms with E-state index >= 15 is 0 Å². The molecule has 2 nitrogen and oxygen atoms in total. The van der Waals surface area contributed by atoms with E-state index in [9.17, 15) is 8.78 Å². The molecule has 0 aliphatic rings. The van der Waals surface area contributed by atoms with Gasteiger partial charge in [-0.25, -0.2) is 8.78 Å². The Bertz CT molecular complexity index is 326. The van der Waals surface area contributed by atoms with Crippen LogP contribution in [-0.4, -0.2) is 13.2 Å². The molecule has 0 aromatic heterocycles. The fourth-order valence-electron chi connectivity index (χ4n) is 1.41. The summed E-state index contributed by atoms with van der Waals surface area (Å²) in [4.78, 5) is 0. The lowest BCUT2D eigenvalue weighted by molar-refractivity contribution is 0.151. The highest BCUT2D eigenvalue weighted by molar-refractivity contribution is 5.38. The molecular formula is C11H15F2NO. The van der Waals surface area contributed by atoms with Gasteiger partial charge in [0.05, 0.1) is 7.11 Å². The van der Waals surface area contributed by atoms with E-state index in [0.29, 0.717) is 12.2 Å². The van der Waals surface area contributed by atoms with Gasteiger partial charge in [-0.05, 0) is 25.0 Å². The predicted octanol–water partition coefficient (Wildman–Crippen LogP) is 2.52. The maximum Gasteiger partial charge on any atom is 0.263 e. The Morgan fingerprint density at radius 1 is 1.40 bits per heavy atom. The van der Waals surface area contributed by atoms with Gasteiger partial charge in [0.1, 0.15) is 5.75 Å². The topological polar surface area (TPSA) is 35.2 Å². The first kappa shape index (κ1) is 11.9. The zero-order valence-corrected chi connectivity index (χ0v) is 8.84. The number of benzene rings is 1. The van der Waals surface area contributed by atoms with Crippen LogP contribution >= 0.6 is 0 Å². The van der Waals surface area contributed by atoms with Gasteiger partial charge in [-0.1, -0.05) is 12.1 Å². The van der Waals surface area contributed by atoms with Crippen molar-refractivity contribution < 1.29 is 13.5 Å². The summed E-state index contributed by atoms with van der Waals surface area (Å²) in [5.41, 5.74) is 6.47. The number of ether oxygens (including phenoxy) is 1. The highest BCUT2D eigenvalue weighted by atomic mass is 19.3. The molecule has 1 aromatic rings. The maximum absolute atomic E-state index is 12.4. The van der Waals surface area contributed by atoms with E-state index in [-0.39, 0.29) is 11.6 Å². The Balaban J connectivity index is 2.98. The number of rotatable bonds is 4. The zero-order valence-electron chi connectivity index (χ0n) is 8.84. The first-order valence-corrected chi connectivity index (χ1v) is 4.75. The fourth-order valence-corrected chi connectivity index (χ4v) is 1.41. The summed E-state index contributed by atoms with van der Waals surface area (Å²) in [5, 5.41) is 0. The van der Waals surface area contributed by atoms with Crippen molar-refractivity contribution in [1.29, 1.82) is 0 Å². The van der Waals surface area contributed by atoms with E-state index in [2.05, 4.69) is 0 Å². The van der Waals surface area contributed by atoms with Crippen molar-refractivity contribution in [2.75, 3.05) is 7.11 Å². The fraction of sp³-hybridized carbons (Fsp3) is 0.455. The summed E-state index contributed by atoms with van der Waals surface area (Å²) < 4.78 is 29.8. The van der Waals surface area contributed by atoms with Crippen LogP contribution in [0.5, 0.6) is 5.75 Å². The Kier molecular flexibility index (Phi) is 4.03. The number of halogens is 2. The van der Waals surface area contributed by atoms with E-state index in [0.717, 1.165) is 5.56 Å². The van der Waals surface area contributed by atoms with Crippen LogP contribution < -0.4 is 10.5 Å². The molecule has 1 unspecified atom stereocenters. The lowest BCUT2D eigenvalue weighted by Crippen LogP contribution is -2.18. The van der Waals surface area contributed by atoms with Crippen molar-refractivity contribution in [3.05, 3.63) is 29.3 Å². The van der Waals surface area contributed by atoms with Gasteiger partial charge < -0.3 is 10.5 Å². The van der Waals surface area contributed by atoms with Gasteiger partial charge in [0.15, 0.2) is 0 Å². The first-order chi connectivity index (χ1) is 7.04. The van der Waals surface area contributed by atoms with E-state index < -0.39 is 6.43 Å². The number of nitrogens with two attached hydrogens (primary N) is 1. The van der Waals surface area contributed by atoms with Gasteiger partial charge in [0.2, 0.25) is 0 Å². The minimum atomic E-state index is -2.47. The Labute approximate surface area is 88.0 Å². The second-order valence-corrected chi connectivity index (χ2v) is 3.55. The summed E-state index contributed by atoms with van der Waals surface area (Å²) in [5.74, 6) is 0.477. The highest BCUT2D eigenvalue weighted by Crippen LogP contribution is 2.27. The lowest BCUT2D eigenvalue weighted by atomic mass is 10.0. The molecule has 1 atom stereocenters. The molecule has 4 heteroatoms. The van der Waals surface area contributed by atoms with Crippen molar-refractivity contribution in [2.24, 2.45) is 5.73 Å². The van der Waals surface area contributed by atoms with Crippen LogP contribution in [0.15, 0.2) is 18.2 Å². The minimum absolute atomic E-state index is 0.0173. The standard InChI is InChI=1S/C11H15F2NO/c1-7(14)5-8-3-4-9(11(12)13)6-10(8)15-2/h3-4,6-7,11H,5,14H2,1-2H3. The average Bonchev–Trinajstić information content (AvgIpc) is 2.17. The molecule has 15 heavy (non-hydrogen) atoms. The van der Waals surface area contributed by atoms with Gasteiger partial charge >= 0.3 is 0 Å². The SMILES string of the molecule is COc1cc(C(F)F)ccc1CC(C)N. The number of methoxy groups -OCH3 is 1. The summed E-state index contributed by atoms with van der Waals surface area (Å²) in [6, 6.07) is 4.40. The third kappa shape index (κ3) is 3.16. The van der Waals surface area contributed by atoms with E-state index in [4.69, 9.17) is 10.5 Å². The van der Waals surface area contributed by atoms with Gasteiger partial charge in [-0.15, -0.1) is 0 Å². The Hall–Kier alpha value is -1.16. The van der Waals surface area contributed by atoms with Crippen LogP contribution in [0.3, 0.4) is 0 Å². The van der Waals surface area contributed by atoms with Crippen molar-refractivity contribution in [3.8, 4) is 5.75 Å². The summed E-state index contributed by atoms with van der Waals surface area (Å²) in [6.07, 6.45) is -1.85. The first-order valence-electron chi connectivity index (χ1n) is 4.75. The maximum atomic E-state index is 12.4. The third-order valence-corrected chi connectivity index (χ3v) is 2.10. The average molecular weight is 215 g/mol. The zero-order chi connectivity index (χ0) is 11.4. The second kappa shape index (κ2) is 5.07. The minimum Gasteiger partial charge on any atom is -0.496 e. The lowest BCUT2D eigenvalue weighted by Gasteiger charge is -2.12. The molecule has 0 spiro atoms. The van der Waals surface area contributed by atoms with Crippen LogP contribution in [0.4, 0.5) is 8.78 Å². The van der Waals surface area contributed by atoms with Crippen LogP contribution in [0, 0.1) is 0 Å². The largest absolute Gasteiger partial charge is 0.496 e. The Morgan fingerprint density at radius 2 is 2.07 bits per heavy atom. The smallest absolute Gasteiger partial charge is 0.263 e. The quantitative estimate of drug-likeness (QED) is 0.837. The molecule has 0 heterocycles. The molecule has 1 rings (SSSR count). The molecule has 0 saturated carbocycles. The van der Waals surface area contributed by atoms with E-state index in [1.807, 2.05) is 6.92 Å². The van der Waals surface area contributed by atoms with Gasteiger partial charge in [-0.3, -0.25) is 0 Å². The predicted molar refractivity (Wildman–Crippen MR) is 55.3 cm³/mol. The third-order valence-electron chi connectivity index (χ3n) is 2.10. The van der Waals surface area contributed by atoms with Gasteiger partial charge in [0, 0.05) is 11.6 Å².